The quantitative estimate of drug-likeness (QED) is 0.874. The second-order valence-corrected chi connectivity index (χ2v) is 6.92. The third-order valence-electron chi connectivity index (χ3n) is 3.69. The number of carbonyl (C=O) groups is 1. The van der Waals surface area contributed by atoms with Crippen molar-refractivity contribution in [1.29, 1.82) is 0 Å². The Labute approximate surface area is 124 Å². The Kier molecular flexibility index (Phi) is 3.51. The minimum absolute atomic E-state index is 0.0720. The molecule has 0 bridgehead atoms. The molecule has 4 nitrogen and oxygen atoms in total. The van der Waals surface area contributed by atoms with Gasteiger partial charge in [-0.05, 0) is 17.7 Å². The number of hydrogen-bond acceptors (Lipinski definition) is 3. The maximum absolute atomic E-state index is 12.5. The molecule has 2 aromatic rings. The summed E-state index contributed by atoms with van der Waals surface area (Å²) in [7, 11) is -3.75. The summed E-state index contributed by atoms with van der Waals surface area (Å²) in [5.41, 5.74) is 0.997. The van der Waals surface area contributed by atoms with Crippen LogP contribution in [-0.4, -0.2) is 25.2 Å². The molecule has 2 aromatic carbocycles. The van der Waals surface area contributed by atoms with Gasteiger partial charge in [-0.1, -0.05) is 48.5 Å². The van der Waals surface area contributed by atoms with Crippen molar-refractivity contribution >= 4 is 15.9 Å². The van der Waals surface area contributed by atoms with E-state index in [0.717, 1.165) is 9.87 Å². The van der Waals surface area contributed by atoms with Crippen LogP contribution in [0.4, 0.5) is 0 Å². The summed E-state index contributed by atoms with van der Waals surface area (Å²) in [6.07, 6.45) is 0.232. The van der Waals surface area contributed by atoms with E-state index in [1.165, 1.54) is 12.1 Å². The number of nitrogens with zero attached hydrogens (tertiary/aromatic N) is 1. The molecule has 0 spiro atoms. The molecule has 1 fully saturated rings. The molecule has 0 unspecified atom stereocenters. The Hall–Kier alpha value is -2.14. The highest BCUT2D eigenvalue weighted by atomic mass is 32.2. The molecule has 1 heterocycles. The van der Waals surface area contributed by atoms with Crippen LogP contribution in [0.1, 0.15) is 17.9 Å². The topological polar surface area (TPSA) is 54.5 Å². The molecule has 108 valence electrons. The van der Waals surface area contributed by atoms with Crippen LogP contribution in [0.2, 0.25) is 0 Å². The number of benzene rings is 2. The van der Waals surface area contributed by atoms with Gasteiger partial charge >= 0.3 is 0 Å². The van der Waals surface area contributed by atoms with Gasteiger partial charge in [0.25, 0.3) is 10.0 Å². The molecule has 0 aromatic heterocycles. The Balaban J connectivity index is 1.89. The zero-order valence-electron chi connectivity index (χ0n) is 11.3. The third kappa shape index (κ3) is 2.56. The van der Waals surface area contributed by atoms with Gasteiger partial charge in [-0.2, -0.15) is 0 Å². The van der Waals surface area contributed by atoms with Gasteiger partial charge < -0.3 is 0 Å². The van der Waals surface area contributed by atoms with Crippen molar-refractivity contribution in [3.05, 3.63) is 66.2 Å². The first-order valence-corrected chi connectivity index (χ1v) is 8.18. The third-order valence-corrected chi connectivity index (χ3v) is 5.49. The Morgan fingerprint density at radius 3 is 2.10 bits per heavy atom. The summed E-state index contributed by atoms with van der Waals surface area (Å²) in [4.78, 5) is 12.3. The van der Waals surface area contributed by atoms with Crippen LogP contribution in [-0.2, 0) is 14.8 Å². The van der Waals surface area contributed by atoms with E-state index in [-0.39, 0.29) is 29.7 Å². The molecule has 0 saturated carbocycles. The van der Waals surface area contributed by atoms with E-state index >= 15 is 0 Å². The number of rotatable bonds is 3. The molecule has 0 aliphatic carbocycles. The SMILES string of the molecule is O=C1C[C@@H](c2ccccc2)CN1S(=O)(=O)c1ccccc1. The van der Waals surface area contributed by atoms with Crippen LogP contribution in [0, 0.1) is 0 Å². The Bertz CT molecular complexity index is 742. The summed E-state index contributed by atoms with van der Waals surface area (Å²) in [6.45, 7) is 0.208. The monoisotopic (exact) mass is 301 g/mol. The molecule has 1 amide bonds. The molecule has 5 heteroatoms. The minimum Gasteiger partial charge on any atom is -0.274 e. The predicted molar refractivity (Wildman–Crippen MR) is 79.1 cm³/mol. The van der Waals surface area contributed by atoms with E-state index in [1.807, 2.05) is 30.3 Å². The lowest BCUT2D eigenvalue weighted by Gasteiger charge is -2.17. The fourth-order valence-electron chi connectivity index (χ4n) is 2.58. The fourth-order valence-corrected chi connectivity index (χ4v) is 4.05. The first kappa shape index (κ1) is 13.8. The molecular formula is C16H15NO3S. The van der Waals surface area contributed by atoms with Crippen molar-refractivity contribution in [2.45, 2.75) is 17.2 Å². The van der Waals surface area contributed by atoms with Crippen LogP contribution in [0.25, 0.3) is 0 Å². The van der Waals surface area contributed by atoms with E-state index < -0.39 is 10.0 Å². The zero-order valence-corrected chi connectivity index (χ0v) is 12.2. The molecule has 1 aliphatic rings. The minimum atomic E-state index is -3.75. The highest BCUT2D eigenvalue weighted by Crippen LogP contribution is 2.31. The molecule has 1 aliphatic heterocycles. The van der Waals surface area contributed by atoms with Gasteiger partial charge in [0, 0.05) is 18.9 Å². The largest absolute Gasteiger partial charge is 0.274 e. The molecule has 1 atom stereocenters. The van der Waals surface area contributed by atoms with Crippen molar-refractivity contribution in [3.8, 4) is 0 Å². The van der Waals surface area contributed by atoms with Crippen LogP contribution in [0.3, 0.4) is 0 Å². The second-order valence-electron chi connectivity index (χ2n) is 5.05. The first-order valence-electron chi connectivity index (χ1n) is 6.74. The summed E-state index contributed by atoms with van der Waals surface area (Å²) in [5.74, 6) is -0.412. The van der Waals surface area contributed by atoms with E-state index in [2.05, 4.69) is 0 Å². The number of sulfonamides is 1. The molecule has 3 rings (SSSR count). The molecule has 1 saturated heterocycles. The molecule has 0 radical (unpaired) electrons. The Morgan fingerprint density at radius 2 is 1.48 bits per heavy atom. The molecule has 21 heavy (non-hydrogen) atoms. The van der Waals surface area contributed by atoms with E-state index in [0.29, 0.717) is 0 Å². The summed E-state index contributed by atoms with van der Waals surface area (Å²) < 4.78 is 26.1. The van der Waals surface area contributed by atoms with Gasteiger partial charge in [0.2, 0.25) is 5.91 Å². The highest BCUT2D eigenvalue weighted by Gasteiger charge is 2.38. The number of carbonyl (C=O) groups excluding carboxylic acids is 1. The van der Waals surface area contributed by atoms with Gasteiger partial charge in [-0.3, -0.25) is 4.79 Å². The van der Waals surface area contributed by atoms with Crippen molar-refractivity contribution in [2.24, 2.45) is 0 Å². The smallest absolute Gasteiger partial charge is 0.266 e. The predicted octanol–water partition coefficient (Wildman–Crippen LogP) is 2.39. The van der Waals surface area contributed by atoms with Crippen LogP contribution >= 0.6 is 0 Å². The van der Waals surface area contributed by atoms with Crippen LogP contribution in [0.5, 0.6) is 0 Å². The average Bonchev–Trinajstić information content (AvgIpc) is 2.92. The van der Waals surface area contributed by atoms with Crippen LogP contribution in [0.15, 0.2) is 65.6 Å². The molecule has 0 N–H and O–H groups in total. The number of amides is 1. The lowest BCUT2D eigenvalue weighted by Crippen LogP contribution is -2.32. The Morgan fingerprint density at radius 1 is 0.905 bits per heavy atom. The van der Waals surface area contributed by atoms with Crippen molar-refractivity contribution in [2.75, 3.05) is 6.54 Å². The van der Waals surface area contributed by atoms with E-state index in [4.69, 9.17) is 0 Å². The van der Waals surface area contributed by atoms with Crippen molar-refractivity contribution in [3.63, 3.8) is 0 Å². The summed E-state index contributed by atoms with van der Waals surface area (Å²) >= 11 is 0. The van der Waals surface area contributed by atoms with Gasteiger partial charge in [0.15, 0.2) is 0 Å². The number of hydrogen-bond donors (Lipinski definition) is 0. The molecular weight excluding hydrogens is 286 g/mol. The van der Waals surface area contributed by atoms with Crippen molar-refractivity contribution in [1.82, 2.24) is 4.31 Å². The van der Waals surface area contributed by atoms with Gasteiger partial charge in [-0.25, -0.2) is 12.7 Å². The van der Waals surface area contributed by atoms with E-state index in [9.17, 15) is 13.2 Å². The van der Waals surface area contributed by atoms with E-state index in [1.54, 1.807) is 18.2 Å². The van der Waals surface area contributed by atoms with Crippen LogP contribution < -0.4 is 0 Å². The maximum Gasteiger partial charge on any atom is 0.266 e. The lowest BCUT2D eigenvalue weighted by molar-refractivity contribution is -0.123. The average molecular weight is 301 g/mol. The maximum atomic E-state index is 12.5. The normalized spacial score (nSPS) is 19.0. The lowest BCUT2D eigenvalue weighted by atomic mass is 9.99. The van der Waals surface area contributed by atoms with Gasteiger partial charge in [0.05, 0.1) is 4.90 Å². The zero-order chi connectivity index (χ0) is 14.9. The van der Waals surface area contributed by atoms with Gasteiger partial charge in [-0.15, -0.1) is 0 Å². The van der Waals surface area contributed by atoms with Gasteiger partial charge in [0.1, 0.15) is 0 Å². The first-order chi connectivity index (χ1) is 10.1. The van der Waals surface area contributed by atoms with Crippen molar-refractivity contribution < 1.29 is 13.2 Å². The summed E-state index contributed by atoms with van der Waals surface area (Å²) in [6, 6.07) is 17.6. The fraction of sp³-hybridized carbons (Fsp3) is 0.188. The summed E-state index contributed by atoms with van der Waals surface area (Å²) in [5, 5.41) is 0. The highest BCUT2D eigenvalue weighted by molar-refractivity contribution is 7.89. The second kappa shape index (κ2) is 5.33. The standard InChI is InChI=1S/C16H15NO3S/c18-16-11-14(13-7-3-1-4-8-13)12-17(16)21(19,20)15-9-5-2-6-10-15/h1-10,14H,11-12H2/t14-/m1/s1.